The maximum absolute atomic E-state index is 12.4. The van der Waals surface area contributed by atoms with Crippen LogP contribution >= 0.6 is 0 Å². The van der Waals surface area contributed by atoms with Crippen molar-refractivity contribution in [2.45, 2.75) is 19.8 Å². The second-order valence-electron chi connectivity index (χ2n) is 5.90. The number of esters is 1. The van der Waals surface area contributed by atoms with Gasteiger partial charge in [0.2, 0.25) is 0 Å². The molecule has 3 rings (SSSR count). The normalized spacial score (nSPS) is 20.6. The van der Waals surface area contributed by atoms with Gasteiger partial charge in [-0.3, -0.25) is 4.79 Å². The molecule has 0 aliphatic carbocycles. The third-order valence-corrected chi connectivity index (χ3v) is 4.04. The fourth-order valence-electron chi connectivity index (χ4n) is 2.68. The maximum atomic E-state index is 12.4. The molecule has 2 aromatic carbocycles. The Kier molecular flexibility index (Phi) is 3.38. The SMILES string of the molecule is CC1(C)C(=O)OC(c2ccccc2)=CC1c1ccccc1. The lowest BCUT2D eigenvalue weighted by Gasteiger charge is -2.35. The summed E-state index contributed by atoms with van der Waals surface area (Å²) in [7, 11) is 0. The highest BCUT2D eigenvalue weighted by atomic mass is 16.5. The molecule has 1 aliphatic heterocycles. The number of carbonyl (C=O) groups is 1. The van der Waals surface area contributed by atoms with Crippen molar-refractivity contribution >= 4 is 11.7 Å². The van der Waals surface area contributed by atoms with Gasteiger partial charge in [-0.05, 0) is 25.5 Å². The molecule has 1 aliphatic rings. The summed E-state index contributed by atoms with van der Waals surface area (Å²) in [5.41, 5.74) is 1.49. The van der Waals surface area contributed by atoms with Gasteiger partial charge in [-0.2, -0.15) is 0 Å². The summed E-state index contributed by atoms with van der Waals surface area (Å²) in [6, 6.07) is 19.9. The van der Waals surface area contributed by atoms with Crippen molar-refractivity contribution in [1.29, 1.82) is 0 Å². The lowest BCUT2D eigenvalue weighted by Crippen LogP contribution is -2.35. The molecular weight excluding hydrogens is 260 g/mol. The van der Waals surface area contributed by atoms with Crippen molar-refractivity contribution < 1.29 is 9.53 Å². The lowest BCUT2D eigenvalue weighted by atomic mass is 9.73. The first-order valence-electron chi connectivity index (χ1n) is 7.13. The number of hydrogen-bond acceptors (Lipinski definition) is 2. The van der Waals surface area contributed by atoms with Crippen LogP contribution in [0.2, 0.25) is 0 Å². The summed E-state index contributed by atoms with van der Waals surface area (Å²) in [4.78, 5) is 12.4. The molecule has 0 N–H and O–H groups in total. The molecule has 21 heavy (non-hydrogen) atoms. The van der Waals surface area contributed by atoms with Crippen LogP contribution in [0.4, 0.5) is 0 Å². The highest BCUT2D eigenvalue weighted by Crippen LogP contribution is 2.44. The summed E-state index contributed by atoms with van der Waals surface area (Å²) in [5.74, 6) is 0.474. The molecule has 2 heteroatoms. The van der Waals surface area contributed by atoms with E-state index in [2.05, 4.69) is 18.2 Å². The summed E-state index contributed by atoms with van der Waals surface area (Å²) in [5, 5.41) is 0. The predicted molar refractivity (Wildman–Crippen MR) is 83.5 cm³/mol. The van der Waals surface area contributed by atoms with Crippen LogP contribution in [-0.2, 0) is 9.53 Å². The molecule has 0 fully saturated rings. The van der Waals surface area contributed by atoms with Crippen molar-refractivity contribution in [3.8, 4) is 0 Å². The zero-order valence-electron chi connectivity index (χ0n) is 12.2. The molecule has 1 atom stereocenters. The molecule has 0 saturated heterocycles. The molecule has 1 unspecified atom stereocenters. The summed E-state index contributed by atoms with van der Waals surface area (Å²) in [6.45, 7) is 3.87. The van der Waals surface area contributed by atoms with Gasteiger partial charge >= 0.3 is 5.97 Å². The van der Waals surface area contributed by atoms with E-state index in [4.69, 9.17) is 4.74 Å². The van der Waals surface area contributed by atoms with Crippen LogP contribution in [0.25, 0.3) is 5.76 Å². The topological polar surface area (TPSA) is 26.3 Å². The van der Waals surface area contributed by atoms with E-state index in [-0.39, 0.29) is 11.9 Å². The van der Waals surface area contributed by atoms with Gasteiger partial charge in [0.25, 0.3) is 0 Å². The van der Waals surface area contributed by atoms with E-state index < -0.39 is 5.41 Å². The predicted octanol–water partition coefficient (Wildman–Crippen LogP) is 4.39. The van der Waals surface area contributed by atoms with Crippen LogP contribution in [0.3, 0.4) is 0 Å². The third kappa shape index (κ3) is 2.49. The molecule has 2 nitrogen and oxygen atoms in total. The summed E-state index contributed by atoms with van der Waals surface area (Å²) in [6.07, 6.45) is 2.06. The van der Waals surface area contributed by atoms with Crippen molar-refractivity contribution in [3.05, 3.63) is 77.9 Å². The monoisotopic (exact) mass is 278 g/mol. The molecular formula is C19H18O2. The van der Waals surface area contributed by atoms with Crippen LogP contribution in [0.1, 0.15) is 30.9 Å². The number of allylic oxidation sites excluding steroid dienone is 1. The highest BCUT2D eigenvalue weighted by molar-refractivity contribution is 5.86. The number of ether oxygens (including phenoxy) is 1. The second-order valence-corrected chi connectivity index (χ2v) is 5.90. The Bertz CT molecular complexity index is 669. The Morgan fingerprint density at radius 2 is 1.48 bits per heavy atom. The van der Waals surface area contributed by atoms with E-state index in [1.165, 1.54) is 0 Å². The van der Waals surface area contributed by atoms with Gasteiger partial charge in [-0.25, -0.2) is 0 Å². The van der Waals surface area contributed by atoms with Crippen LogP contribution in [-0.4, -0.2) is 5.97 Å². The van der Waals surface area contributed by atoms with Gasteiger partial charge in [0.15, 0.2) is 0 Å². The molecule has 1 heterocycles. The Balaban J connectivity index is 2.08. The molecule has 0 aromatic heterocycles. The molecule has 106 valence electrons. The Hall–Kier alpha value is -2.35. The van der Waals surface area contributed by atoms with E-state index in [0.717, 1.165) is 11.1 Å². The number of carbonyl (C=O) groups excluding carboxylic acids is 1. The minimum atomic E-state index is -0.570. The fourth-order valence-corrected chi connectivity index (χ4v) is 2.68. The van der Waals surface area contributed by atoms with E-state index in [1.54, 1.807) is 0 Å². The quantitative estimate of drug-likeness (QED) is 0.761. The van der Waals surface area contributed by atoms with Crippen LogP contribution in [0.15, 0.2) is 66.7 Å². The lowest BCUT2D eigenvalue weighted by molar-refractivity contribution is -0.148. The van der Waals surface area contributed by atoms with Gasteiger partial charge in [0.1, 0.15) is 5.76 Å². The maximum Gasteiger partial charge on any atom is 0.317 e. The molecule has 0 spiro atoms. The van der Waals surface area contributed by atoms with E-state index in [0.29, 0.717) is 5.76 Å². The molecule has 0 saturated carbocycles. The first kappa shape index (κ1) is 13.6. The highest BCUT2D eigenvalue weighted by Gasteiger charge is 2.42. The zero-order chi connectivity index (χ0) is 14.9. The Morgan fingerprint density at radius 1 is 0.905 bits per heavy atom. The molecule has 0 radical (unpaired) electrons. The average molecular weight is 278 g/mol. The average Bonchev–Trinajstić information content (AvgIpc) is 2.51. The Labute approximate surface area is 125 Å². The van der Waals surface area contributed by atoms with Crippen molar-refractivity contribution in [3.63, 3.8) is 0 Å². The van der Waals surface area contributed by atoms with Gasteiger partial charge < -0.3 is 4.74 Å². The number of rotatable bonds is 2. The standard InChI is InChI=1S/C19H18O2/c1-19(2)16(14-9-5-3-6-10-14)13-17(21-18(19)20)15-11-7-4-8-12-15/h3-13,16H,1-2H3. The minimum absolute atomic E-state index is 0.00940. The van der Waals surface area contributed by atoms with Crippen molar-refractivity contribution in [1.82, 2.24) is 0 Å². The van der Waals surface area contributed by atoms with E-state index in [9.17, 15) is 4.79 Å². The molecule has 0 amide bonds. The smallest absolute Gasteiger partial charge is 0.317 e. The summed E-state index contributed by atoms with van der Waals surface area (Å²) >= 11 is 0. The first-order valence-corrected chi connectivity index (χ1v) is 7.13. The number of benzene rings is 2. The van der Waals surface area contributed by atoms with Crippen molar-refractivity contribution in [2.75, 3.05) is 0 Å². The van der Waals surface area contributed by atoms with Gasteiger partial charge in [-0.1, -0.05) is 60.7 Å². The van der Waals surface area contributed by atoms with Crippen LogP contribution in [0, 0.1) is 5.41 Å². The molecule has 0 bridgehead atoms. The van der Waals surface area contributed by atoms with Gasteiger partial charge in [-0.15, -0.1) is 0 Å². The largest absolute Gasteiger partial charge is 0.426 e. The van der Waals surface area contributed by atoms with E-state index >= 15 is 0 Å². The zero-order valence-corrected chi connectivity index (χ0v) is 12.2. The first-order chi connectivity index (χ1) is 10.1. The van der Waals surface area contributed by atoms with Crippen LogP contribution < -0.4 is 0 Å². The summed E-state index contributed by atoms with van der Waals surface area (Å²) < 4.78 is 5.56. The van der Waals surface area contributed by atoms with E-state index in [1.807, 2.05) is 62.4 Å². The van der Waals surface area contributed by atoms with Crippen molar-refractivity contribution in [2.24, 2.45) is 5.41 Å². The second kappa shape index (κ2) is 5.21. The molecule has 2 aromatic rings. The van der Waals surface area contributed by atoms with Gasteiger partial charge in [0.05, 0.1) is 5.41 Å². The third-order valence-electron chi connectivity index (χ3n) is 4.04. The number of hydrogen-bond donors (Lipinski definition) is 0. The van der Waals surface area contributed by atoms with Crippen LogP contribution in [0.5, 0.6) is 0 Å². The number of cyclic esters (lactones) is 1. The fraction of sp³-hybridized carbons (Fsp3) is 0.211. The minimum Gasteiger partial charge on any atom is -0.426 e. The van der Waals surface area contributed by atoms with Gasteiger partial charge in [0, 0.05) is 11.5 Å². The Morgan fingerprint density at radius 3 is 2.10 bits per heavy atom.